The lowest BCUT2D eigenvalue weighted by molar-refractivity contribution is 0.334. The number of unbranched alkanes of at least 4 members (excludes halogenated alkanes) is 1. The minimum Gasteiger partial charge on any atom is -0.359 e. The minimum absolute atomic E-state index is 0.682. The van der Waals surface area contributed by atoms with Crippen molar-refractivity contribution in [3.05, 3.63) is 71.8 Å². The summed E-state index contributed by atoms with van der Waals surface area (Å²) in [4.78, 5) is 4.26. The predicted molar refractivity (Wildman–Crippen MR) is 159 cm³/mol. The standard InChI is InChI=1S/C20H31N.C10H15N.C3H8/c1-5-19(18-13-14-18)20(21-4)12-7-6-9-15(2)16(3)17-10-8-11-17;1-4-5-6-10-8(2)7-9(3)11-10;1-3-2/h5,15,17-18H,1,3-4,6-14H2,2H3;5-6,11H,3-4,7H2,1-2H3;3H2,1-2H3/b20-19+;6-5-;. The van der Waals surface area contributed by atoms with E-state index in [0.717, 1.165) is 36.8 Å². The number of allylic oxidation sites excluding steroid dienone is 7. The number of rotatable bonds is 12. The van der Waals surface area contributed by atoms with Crippen molar-refractivity contribution in [1.29, 1.82) is 0 Å². The molecule has 0 aromatic heterocycles. The van der Waals surface area contributed by atoms with E-state index in [1.807, 2.05) is 6.08 Å². The van der Waals surface area contributed by atoms with Crippen molar-refractivity contribution >= 4 is 6.72 Å². The van der Waals surface area contributed by atoms with Crippen LogP contribution in [0.1, 0.15) is 112 Å². The quantitative estimate of drug-likeness (QED) is 0.128. The lowest BCUT2D eigenvalue weighted by atomic mass is 9.75. The molecule has 2 saturated carbocycles. The molecule has 1 N–H and O–H groups in total. The summed E-state index contributed by atoms with van der Waals surface area (Å²) < 4.78 is 0. The Bertz CT molecular complexity index is 784. The summed E-state index contributed by atoms with van der Waals surface area (Å²) >= 11 is 0. The van der Waals surface area contributed by atoms with Gasteiger partial charge in [-0.3, -0.25) is 4.99 Å². The van der Waals surface area contributed by atoms with Crippen LogP contribution in [0.25, 0.3) is 0 Å². The fourth-order valence-corrected chi connectivity index (χ4v) is 4.52. The zero-order valence-electron chi connectivity index (χ0n) is 23.7. The van der Waals surface area contributed by atoms with Crippen LogP contribution in [-0.4, -0.2) is 6.72 Å². The van der Waals surface area contributed by atoms with Crippen LogP contribution >= 0.6 is 0 Å². The fraction of sp³-hybridized carbons (Fsp3) is 0.606. The summed E-state index contributed by atoms with van der Waals surface area (Å²) in [6.07, 6.45) is 21.2. The summed E-state index contributed by atoms with van der Waals surface area (Å²) in [7, 11) is 0. The Hall–Kier alpha value is -2.09. The zero-order valence-corrected chi connectivity index (χ0v) is 23.7. The van der Waals surface area contributed by atoms with Crippen LogP contribution in [0.2, 0.25) is 0 Å². The van der Waals surface area contributed by atoms with E-state index in [1.54, 1.807) is 0 Å². The van der Waals surface area contributed by atoms with Crippen LogP contribution in [0, 0.1) is 17.8 Å². The van der Waals surface area contributed by atoms with Crippen molar-refractivity contribution in [3.8, 4) is 0 Å². The van der Waals surface area contributed by atoms with Crippen molar-refractivity contribution in [1.82, 2.24) is 5.32 Å². The molecular weight excluding hydrogens is 424 g/mol. The van der Waals surface area contributed by atoms with Gasteiger partial charge in [0.2, 0.25) is 0 Å². The molecule has 0 aromatic carbocycles. The highest BCUT2D eigenvalue weighted by atomic mass is 14.9. The SMILES string of the molecule is C=C/C(=C(/CCCCC(C)C(=C)C1CCC1)N=C)C1CC1.C=C1CC(C)=C(/C=C\CC)N1.CCC. The first-order valence-electron chi connectivity index (χ1n) is 14.1. The molecule has 1 aliphatic heterocycles. The van der Waals surface area contributed by atoms with Gasteiger partial charge in [0.25, 0.3) is 0 Å². The largest absolute Gasteiger partial charge is 0.359 e. The molecule has 0 radical (unpaired) electrons. The van der Waals surface area contributed by atoms with E-state index in [-0.39, 0.29) is 0 Å². The van der Waals surface area contributed by atoms with Crippen LogP contribution in [0.4, 0.5) is 0 Å². The van der Waals surface area contributed by atoms with Crippen LogP contribution in [0.3, 0.4) is 0 Å². The van der Waals surface area contributed by atoms with E-state index in [9.17, 15) is 0 Å². The molecule has 0 spiro atoms. The highest BCUT2D eigenvalue weighted by molar-refractivity contribution is 5.36. The second-order valence-electron chi connectivity index (χ2n) is 10.5. The second-order valence-corrected chi connectivity index (χ2v) is 10.5. The molecule has 0 aromatic rings. The lowest BCUT2D eigenvalue weighted by Gasteiger charge is -2.31. The Kier molecular flexibility index (Phi) is 15.3. The Morgan fingerprint density at radius 2 is 1.77 bits per heavy atom. The Balaban J connectivity index is 0.000000366. The first-order chi connectivity index (χ1) is 16.8. The molecule has 2 heteroatoms. The van der Waals surface area contributed by atoms with Gasteiger partial charge in [-0.2, -0.15) is 0 Å². The minimum atomic E-state index is 0.682. The fourth-order valence-electron chi connectivity index (χ4n) is 4.52. The number of nitrogens with zero attached hydrogens (tertiary/aromatic N) is 1. The van der Waals surface area contributed by atoms with Gasteiger partial charge < -0.3 is 5.32 Å². The molecule has 1 heterocycles. The molecule has 2 fully saturated rings. The number of aliphatic imine (C=N–C) groups is 1. The first kappa shape index (κ1) is 30.9. The van der Waals surface area contributed by atoms with Crippen LogP contribution in [0.15, 0.2) is 76.8 Å². The molecule has 0 amide bonds. The van der Waals surface area contributed by atoms with E-state index in [4.69, 9.17) is 0 Å². The maximum atomic E-state index is 4.33. The van der Waals surface area contributed by atoms with Crippen LogP contribution < -0.4 is 5.32 Å². The zero-order chi connectivity index (χ0) is 26.2. The number of nitrogens with one attached hydrogen (secondary N) is 1. The van der Waals surface area contributed by atoms with Gasteiger partial charge >= 0.3 is 0 Å². The summed E-state index contributed by atoms with van der Waals surface area (Å²) in [5.41, 5.74) is 7.79. The lowest BCUT2D eigenvalue weighted by Crippen LogP contribution is -2.17. The van der Waals surface area contributed by atoms with Crippen molar-refractivity contribution < 1.29 is 0 Å². The van der Waals surface area contributed by atoms with Gasteiger partial charge in [0.15, 0.2) is 0 Å². The van der Waals surface area contributed by atoms with Gasteiger partial charge in [-0.1, -0.05) is 84.4 Å². The predicted octanol–water partition coefficient (Wildman–Crippen LogP) is 10.2. The van der Waals surface area contributed by atoms with E-state index >= 15 is 0 Å². The molecule has 196 valence electrons. The Morgan fingerprint density at radius 1 is 1.11 bits per heavy atom. The third kappa shape index (κ3) is 11.5. The molecule has 35 heavy (non-hydrogen) atoms. The molecule has 1 unspecified atom stereocenters. The van der Waals surface area contributed by atoms with Gasteiger partial charge in [-0.15, -0.1) is 0 Å². The van der Waals surface area contributed by atoms with E-state index in [1.165, 1.54) is 85.9 Å². The van der Waals surface area contributed by atoms with Gasteiger partial charge in [-0.05, 0) is 100.0 Å². The van der Waals surface area contributed by atoms with Gasteiger partial charge in [0.05, 0.1) is 0 Å². The average Bonchev–Trinajstić information content (AvgIpc) is 3.57. The third-order valence-electron chi connectivity index (χ3n) is 7.09. The smallest absolute Gasteiger partial charge is 0.0430 e. The molecule has 2 aliphatic carbocycles. The monoisotopic (exact) mass is 478 g/mol. The third-order valence-corrected chi connectivity index (χ3v) is 7.09. The topological polar surface area (TPSA) is 24.4 Å². The van der Waals surface area contributed by atoms with Gasteiger partial charge in [0.1, 0.15) is 0 Å². The molecule has 0 bridgehead atoms. The normalized spacial score (nSPS) is 18.9. The Morgan fingerprint density at radius 3 is 2.20 bits per heavy atom. The second kappa shape index (κ2) is 17.4. The highest BCUT2D eigenvalue weighted by Gasteiger charge is 2.26. The Labute approximate surface area is 218 Å². The molecular formula is C33H54N2. The van der Waals surface area contributed by atoms with E-state index in [0.29, 0.717) is 5.92 Å². The van der Waals surface area contributed by atoms with E-state index in [2.05, 4.69) is 83.5 Å². The van der Waals surface area contributed by atoms with Crippen LogP contribution in [0.5, 0.6) is 0 Å². The van der Waals surface area contributed by atoms with Crippen LogP contribution in [-0.2, 0) is 0 Å². The highest BCUT2D eigenvalue weighted by Crippen LogP contribution is 2.40. The van der Waals surface area contributed by atoms with Crippen molar-refractivity contribution in [2.45, 2.75) is 112 Å². The molecule has 3 rings (SSSR count). The maximum Gasteiger partial charge on any atom is 0.0430 e. The van der Waals surface area contributed by atoms with Gasteiger partial charge in [-0.25, -0.2) is 0 Å². The molecule has 2 nitrogen and oxygen atoms in total. The summed E-state index contributed by atoms with van der Waals surface area (Å²) in [5, 5.41) is 3.24. The summed E-state index contributed by atoms with van der Waals surface area (Å²) in [6.45, 7) is 26.8. The van der Waals surface area contributed by atoms with E-state index < -0.39 is 0 Å². The summed E-state index contributed by atoms with van der Waals surface area (Å²) in [6, 6.07) is 0. The first-order valence-corrected chi connectivity index (χ1v) is 14.1. The maximum absolute atomic E-state index is 4.33. The van der Waals surface area contributed by atoms with Crippen molar-refractivity contribution in [2.75, 3.05) is 0 Å². The van der Waals surface area contributed by atoms with Crippen molar-refractivity contribution in [3.63, 3.8) is 0 Å². The number of hydrogen-bond acceptors (Lipinski definition) is 2. The summed E-state index contributed by atoms with van der Waals surface area (Å²) in [5.74, 6) is 2.23. The van der Waals surface area contributed by atoms with Gasteiger partial charge in [0, 0.05) is 23.5 Å². The average molecular weight is 479 g/mol. The molecule has 3 aliphatic rings. The molecule has 0 saturated heterocycles. The number of hydrogen-bond donors (Lipinski definition) is 1. The molecule has 1 atom stereocenters. The van der Waals surface area contributed by atoms with Crippen molar-refractivity contribution in [2.24, 2.45) is 22.7 Å².